The van der Waals surface area contributed by atoms with Crippen LogP contribution in [0.1, 0.15) is 5.56 Å². The maximum Gasteiger partial charge on any atom is 0.416 e. The first kappa shape index (κ1) is 21.2. The Morgan fingerprint density at radius 2 is 1.91 bits per heavy atom. The van der Waals surface area contributed by atoms with Crippen LogP contribution in [0.15, 0.2) is 61.3 Å². The van der Waals surface area contributed by atoms with Crippen LogP contribution in [0, 0.1) is 0 Å². The smallest absolute Gasteiger partial charge is 0.416 e. The number of alkyl halides is 3. The zero-order valence-electron chi connectivity index (χ0n) is 16.5. The second kappa shape index (κ2) is 9.00. The summed E-state index contributed by atoms with van der Waals surface area (Å²) in [4.78, 5) is 29.1. The summed E-state index contributed by atoms with van der Waals surface area (Å²) in [6.07, 6.45) is 5.50. The number of benzene rings is 1. The van der Waals surface area contributed by atoms with Crippen LogP contribution in [-0.2, 0) is 11.0 Å². The van der Waals surface area contributed by atoms with Crippen molar-refractivity contribution in [2.75, 3.05) is 18.4 Å². The number of hydrogen-bond acceptors (Lipinski definition) is 8. The predicted molar refractivity (Wildman–Crippen MR) is 109 cm³/mol. The number of rotatable bonds is 7. The molecule has 11 heteroatoms. The van der Waals surface area contributed by atoms with Gasteiger partial charge < -0.3 is 15.0 Å². The van der Waals surface area contributed by atoms with E-state index in [2.05, 4.69) is 25.3 Å². The van der Waals surface area contributed by atoms with E-state index < -0.39 is 11.7 Å². The van der Waals surface area contributed by atoms with Gasteiger partial charge in [0, 0.05) is 37.2 Å². The first-order chi connectivity index (χ1) is 15.4. The molecular weight excluding hydrogens is 425 g/mol. The van der Waals surface area contributed by atoms with Crippen molar-refractivity contribution < 1.29 is 22.7 Å². The summed E-state index contributed by atoms with van der Waals surface area (Å²) in [5, 5.41) is 3.26. The molecule has 0 aliphatic carbocycles. The molecule has 4 rings (SSSR count). The fourth-order valence-electron chi connectivity index (χ4n) is 3.01. The van der Waals surface area contributed by atoms with Crippen molar-refractivity contribution in [3.8, 4) is 23.0 Å². The summed E-state index contributed by atoms with van der Waals surface area (Å²) in [7, 11) is 0. The van der Waals surface area contributed by atoms with Crippen molar-refractivity contribution in [1.29, 1.82) is 0 Å². The van der Waals surface area contributed by atoms with Gasteiger partial charge in [0.25, 0.3) is 0 Å². The number of nitrogens with zero attached hydrogens (tertiary/aromatic N) is 5. The number of hydrogen-bond donors (Lipinski definition) is 1. The molecule has 164 valence electrons. The van der Waals surface area contributed by atoms with Gasteiger partial charge in [-0.3, -0.25) is 9.78 Å². The molecule has 3 aromatic rings. The fraction of sp³-hybridized carbons (Fsp3) is 0.190. The second-order valence-corrected chi connectivity index (χ2v) is 6.94. The van der Waals surface area contributed by atoms with Gasteiger partial charge in [0.15, 0.2) is 0 Å². The van der Waals surface area contributed by atoms with Crippen molar-refractivity contribution in [2.24, 2.45) is 0 Å². The van der Waals surface area contributed by atoms with Gasteiger partial charge in [-0.15, -0.1) is 0 Å². The molecule has 3 heterocycles. The normalized spacial score (nSPS) is 14.3. The van der Waals surface area contributed by atoms with Crippen molar-refractivity contribution >= 4 is 12.1 Å². The minimum atomic E-state index is -4.47. The Hall–Kier alpha value is -4.02. The van der Waals surface area contributed by atoms with E-state index in [1.54, 1.807) is 18.6 Å². The highest BCUT2D eigenvalue weighted by atomic mass is 19.4. The average Bonchev–Trinajstić information content (AvgIpc) is 2.75. The van der Waals surface area contributed by atoms with Gasteiger partial charge in [-0.25, -0.2) is 15.0 Å². The molecule has 1 saturated heterocycles. The van der Waals surface area contributed by atoms with E-state index in [9.17, 15) is 18.0 Å². The minimum Gasteiger partial charge on any atom is -0.424 e. The van der Waals surface area contributed by atoms with E-state index in [0.29, 0.717) is 17.1 Å². The standard InChI is InChI=1S/C21H17F3N6O2/c22-21(23,24)15-3-1-4-17(7-15)32-20-26-8-14(9-27-20)18-10-25-11-19(29-18)28-16-12-30(13-16)5-2-6-31/h1-11,16H,12-13H2,(H,28,29). The van der Waals surface area contributed by atoms with Crippen LogP contribution >= 0.6 is 0 Å². The van der Waals surface area contributed by atoms with Crippen LogP contribution in [0.25, 0.3) is 11.3 Å². The van der Waals surface area contributed by atoms with Gasteiger partial charge in [0.2, 0.25) is 0 Å². The van der Waals surface area contributed by atoms with Crippen molar-refractivity contribution in [2.45, 2.75) is 12.2 Å². The molecule has 1 N–H and O–H groups in total. The first-order valence-electron chi connectivity index (χ1n) is 9.53. The summed E-state index contributed by atoms with van der Waals surface area (Å²) in [5.74, 6) is 0.562. The fourth-order valence-corrected chi connectivity index (χ4v) is 3.01. The van der Waals surface area contributed by atoms with Crippen LogP contribution in [0.3, 0.4) is 0 Å². The molecule has 1 fully saturated rings. The Kier molecular flexibility index (Phi) is 5.97. The highest BCUT2D eigenvalue weighted by Gasteiger charge is 2.30. The molecule has 0 saturated carbocycles. The summed E-state index contributed by atoms with van der Waals surface area (Å²) in [6.45, 7) is 1.47. The van der Waals surface area contributed by atoms with Gasteiger partial charge in [-0.2, -0.15) is 13.2 Å². The number of allylic oxidation sites excluding steroid dienone is 1. The Bertz CT molecular complexity index is 1120. The summed E-state index contributed by atoms with van der Waals surface area (Å²) >= 11 is 0. The van der Waals surface area contributed by atoms with Gasteiger partial charge in [-0.05, 0) is 24.3 Å². The number of ether oxygens (including phenoxy) is 1. The van der Waals surface area contributed by atoms with E-state index in [-0.39, 0.29) is 17.8 Å². The largest absolute Gasteiger partial charge is 0.424 e. The lowest BCUT2D eigenvalue weighted by Gasteiger charge is -2.39. The molecule has 0 radical (unpaired) electrons. The third kappa shape index (κ3) is 5.17. The maximum absolute atomic E-state index is 12.8. The lowest BCUT2D eigenvalue weighted by molar-refractivity contribution is -0.137. The molecule has 0 unspecified atom stereocenters. The first-order valence-corrected chi connectivity index (χ1v) is 9.53. The summed E-state index contributed by atoms with van der Waals surface area (Å²) < 4.78 is 43.8. The minimum absolute atomic E-state index is 0.0175. The van der Waals surface area contributed by atoms with E-state index in [0.717, 1.165) is 31.5 Å². The predicted octanol–water partition coefficient (Wildman–Crippen LogP) is 3.55. The molecule has 1 aromatic carbocycles. The Morgan fingerprint density at radius 1 is 1.12 bits per heavy atom. The third-order valence-electron chi connectivity index (χ3n) is 4.57. The number of carbonyl (C=O) groups excluding carboxylic acids is 1. The number of anilines is 1. The van der Waals surface area contributed by atoms with Gasteiger partial charge in [-0.1, -0.05) is 6.07 Å². The van der Waals surface area contributed by atoms with Gasteiger partial charge in [0.1, 0.15) is 17.9 Å². The number of aromatic nitrogens is 4. The summed E-state index contributed by atoms with van der Waals surface area (Å²) in [5.41, 5.74) is 0.278. The van der Waals surface area contributed by atoms with Gasteiger partial charge in [0.05, 0.1) is 29.7 Å². The van der Waals surface area contributed by atoms with E-state index in [1.165, 1.54) is 30.6 Å². The number of aldehydes is 1. The molecule has 0 spiro atoms. The monoisotopic (exact) mass is 442 g/mol. The Balaban J connectivity index is 1.40. The van der Waals surface area contributed by atoms with E-state index in [4.69, 9.17) is 4.74 Å². The topological polar surface area (TPSA) is 93.1 Å². The quantitative estimate of drug-likeness (QED) is 0.439. The number of nitrogens with one attached hydrogen (secondary N) is 1. The molecule has 8 nitrogen and oxygen atoms in total. The van der Waals surface area contributed by atoms with Crippen molar-refractivity contribution in [3.05, 3.63) is 66.9 Å². The van der Waals surface area contributed by atoms with Crippen LogP contribution in [0.4, 0.5) is 19.0 Å². The maximum atomic E-state index is 12.8. The number of halogens is 3. The van der Waals surface area contributed by atoms with E-state index >= 15 is 0 Å². The highest BCUT2D eigenvalue weighted by Crippen LogP contribution is 2.32. The molecule has 1 aliphatic rings. The zero-order chi connectivity index (χ0) is 22.6. The van der Waals surface area contributed by atoms with Crippen LogP contribution < -0.4 is 10.1 Å². The SMILES string of the molecule is O=CC=CN1CC(Nc2cncc(-c3cnc(Oc4cccc(C(F)(F)F)c4)nc3)n2)C1. The molecule has 0 bridgehead atoms. The molecule has 2 aromatic heterocycles. The van der Waals surface area contributed by atoms with Crippen molar-refractivity contribution in [1.82, 2.24) is 24.8 Å². The van der Waals surface area contributed by atoms with Gasteiger partial charge >= 0.3 is 12.2 Å². The lowest BCUT2D eigenvalue weighted by Crippen LogP contribution is -2.52. The Morgan fingerprint density at radius 3 is 2.62 bits per heavy atom. The molecule has 0 amide bonds. The lowest BCUT2D eigenvalue weighted by atomic mass is 10.1. The number of likely N-dealkylation sites (tertiary alicyclic amines) is 1. The van der Waals surface area contributed by atoms with Crippen LogP contribution in [-0.4, -0.2) is 50.3 Å². The van der Waals surface area contributed by atoms with Crippen LogP contribution in [0.2, 0.25) is 0 Å². The zero-order valence-corrected chi connectivity index (χ0v) is 16.5. The Labute approximate surface area is 180 Å². The molecule has 32 heavy (non-hydrogen) atoms. The molecule has 1 aliphatic heterocycles. The highest BCUT2D eigenvalue weighted by molar-refractivity contribution is 5.64. The van der Waals surface area contributed by atoms with Crippen molar-refractivity contribution in [3.63, 3.8) is 0 Å². The second-order valence-electron chi connectivity index (χ2n) is 6.94. The summed E-state index contributed by atoms with van der Waals surface area (Å²) in [6, 6.07) is 4.57. The van der Waals surface area contributed by atoms with E-state index in [1.807, 2.05) is 4.90 Å². The average molecular weight is 442 g/mol. The molecule has 0 atom stereocenters. The number of carbonyl (C=O) groups is 1. The third-order valence-corrected chi connectivity index (χ3v) is 4.57. The molecular formula is C21H17F3N6O2. The van der Waals surface area contributed by atoms with Crippen LogP contribution in [0.5, 0.6) is 11.8 Å².